The molecule has 0 fully saturated rings. The fraction of sp³-hybridized carbons (Fsp3) is 0.278. The first-order chi connectivity index (χ1) is 13.5. The van der Waals surface area contributed by atoms with Gasteiger partial charge in [0.2, 0.25) is 5.91 Å². The molecule has 0 saturated carbocycles. The molecule has 2 rings (SSSR count). The van der Waals surface area contributed by atoms with Crippen LogP contribution in [0.25, 0.3) is 0 Å². The van der Waals surface area contributed by atoms with Crippen molar-refractivity contribution in [2.45, 2.75) is 12.8 Å². The van der Waals surface area contributed by atoms with Crippen LogP contribution in [0.5, 0.6) is 0 Å². The maximum atomic E-state index is 11.8. The van der Waals surface area contributed by atoms with Gasteiger partial charge in [0.15, 0.2) is 0 Å². The zero-order valence-electron chi connectivity index (χ0n) is 15.1. The Bertz CT molecular complexity index is 825. The standard InChI is InChI=1S/C18H21N5O5/c24-18(6-3-11-19-14-7-9-15(10-8-14)22(25)26)21-13-12-20-16-4-1-2-5-17(16)23(27)28/h1-2,4-5,7-10,19-20H,3,6,11-13H2,(H,21,24). The largest absolute Gasteiger partial charge is 0.385 e. The second kappa shape index (κ2) is 10.5. The monoisotopic (exact) mass is 387 g/mol. The first-order valence-electron chi connectivity index (χ1n) is 8.69. The number of anilines is 2. The first-order valence-corrected chi connectivity index (χ1v) is 8.69. The van der Waals surface area contributed by atoms with E-state index in [0.29, 0.717) is 38.2 Å². The zero-order valence-corrected chi connectivity index (χ0v) is 15.1. The Morgan fingerprint density at radius 3 is 2.25 bits per heavy atom. The SMILES string of the molecule is O=C(CCCNc1ccc([N+](=O)[O-])cc1)NCCNc1ccccc1[N+](=O)[O-]. The molecular formula is C18H21N5O5. The molecule has 10 heteroatoms. The highest BCUT2D eigenvalue weighted by atomic mass is 16.6. The summed E-state index contributed by atoms with van der Waals surface area (Å²) in [5, 5.41) is 30.3. The van der Waals surface area contributed by atoms with Gasteiger partial charge in [0.25, 0.3) is 11.4 Å². The Morgan fingerprint density at radius 1 is 0.857 bits per heavy atom. The van der Waals surface area contributed by atoms with E-state index in [-0.39, 0.29) is 17.3 Å². The van der Waals surface area contributed by atoms with Crippen LogP contribution in [0.15, 0.2) is 48.5 Å². The van der Waals surface area contributed by atoms with Gasteiger partial charge in [0, 0.05) is 49.9 Å². The van der Waals surface area contributed by atoms with Gasteiger partial charge in [-0.2, -0.15) is 0 Å². The lowest BCUT2D eigenvalue weighted by Gasteiger charge is -2.09. The summed E-state index contributed by atoms with van der Waals surface area (Å²) in [7, 11) is 0. The number of nitro groups is 2. The third-order valence-electron chi connectivity index (χ3n) is 3.85. The molecule has 1 amide bonds. The molecule has 2 aromatic rings. The highest BCUT2D eigenvalue weighted by Gasteiger charge is 2.11. The summed E-state index contributed by atoms with van der Waals surface area (Å²) in [4.78, 5) is 32.4. The minimum absolute atomic E-state index is 0.00820. The van der Waals surface area contributed by atoms with E-state index in [0.717, 1.165) is 5.69 Å². The molecule has 0 aliphatic rings. The minimum atomic E-state index is -0.459. The molecule has 0 aliphatic carbocycles. The molecule has 0 unspecified atom stereocenters. The number of hydrogen-bond acceptors (Lipinski definition) is 7. The van der Waals surface area contributed by atoms with Gasteiger partial charge < -0.3 is 16.0 Å². The van der Waals surface area contributed by atoms with E-state index in [9.17, 15) is 25.0 Å². The van der Waals surface area contributed by atoms with Crippen LogP contribution in [-0.2, 0) is 4.79 Å². The zero-order chi connectivity index (χ0) is 20.4. The Morgan fingerprint density at radius 2 is 1.57 bits per heavy atom. The summed E-state index contributed by atoms with van der Waals surface area (Å²) in [5.41, 5.74) is 1.18. The van der Waals surface area contributed by atoms with Crippen molar-refractivity contribution in [2.75, 3.05) is 30.3 Å². The predicted molar refractivity (Wildman–Crippen MR) is 105 cm³/mol. The number of hydrogen-bond donors (Lipinski definition) is 3. The van der Waals surface area contributed by atoms with Crippen LogP contribution < -0.4 is 16.0 Å². The van der Waals surface area contributed by atoms with Crippen molar-refractivity contribution in [1.29, 1.82) is 0 Å². The van der Waals surface area contributed by atoms with E-state index < -0.39 is 9.85 Å². The molecule has 148 valence electrons. The fourth-order valence-corrected chi connectivity index (χ4v) is 2.45. The summed E-state index contributed by atoms with van der Waals surface area (Å²) >= 11 is 0. The second-order valence-electron chi connectivity index (χ2n) is 5.89. The third-order valence-corrected chi connectivity index (χ3v) is 3.85. The maximum absolute atomic E-state index is 11.8. The molecule has 0 bridgehead atoms. The van der Waals surface area contributed by atoms with E-state index in [1.165, 1.54) is 18.2 Å². The number of rotatable bonds is 11. The number of non-ortho nitro benzene ring substituents is 1. The molecule has 0 saturated heterocycles. The van der Waals surface area contributed by atoms with Crippen molar-refractivity contribution in [2.24, 2.45) is 0 Å². The maximum Gasteiger partial charge on any atom is 0.292 e. The average molecular weight is 387 g/mol. The van der Waals surface area contributed by atoms with Gasteiger partial charge in [-0.05, 0) is 24.6 Å². The quantitative estimate of drug-likeness (QED) is 0.306. The second-order valence-corrected chi connectivity index (χ2v) is 5.89. The van der Waals surface area contributed by atoms with Gasteiger partial charge in [-0.3, -0.25) is 25.0 Å². The summed E-state index contributed by atoms with van der Waals surface area (Å²) in [6, 6.07) is 12.4. The van der Waals surface area contributed by atoms with Crippen molar-refractivity contribution >= 4 is 28.7 Å². The summed E-state index contributed by atoms with van der Waals surface area (Å²) in [6.45, 7) is 1.28. The van der Waals surface area contributed by atoms with Gasteiger partial charge in [-0.25, -0.2) is 0 Å². The number of para-hydroxylation sites is 2. The Hall–Kier alpha value is -3.69. The van der Waals surface area contributed by atoms with Crippen LogP contribution in [0.1, 0.15) is 12.8 Å². The lowest BCUT2D eigenvalue weighted by Crippen LogP contribution is -2.29. The smallest absolute Gasteiger partial charge is 0.292 e. The molecule has 28 heavy (non-hydrogen) atoms. The lowest BCUT2D eigenvalue weighted by atomic mass is 10.2. The summed E-state index contributed by atoms with van der Waals surface area (Å²) in [6.07, 6.45) is 0.922. The highest BCUT2D eigenvalue weighted by molar-refractivity contribution is 5.76. The van der Waals surface area contributed by atoms with Gasteiger partial charge in [0.1, 0.15) is 5.69 Å². The number of nitrogens with zero attached hydrogens (tertiary/aromatic N) is 2. The third kappa shape index (κ3) is 6.56. The van der Waals surface area contributed by atoms with Gasteiger partial charge in [-0.15, -0.1) is 0 Å². The highest BCUT2D eigenvalue weighted by Crippen LogP contribution is 2.22. The molecular weight excluding hydrogens is 366 g/mol. The number of carbonyl (C=O) groups is 1. The van der Waals surface area contributed by atoms with Gasteiger partial charge in [-0.1, -0.05) is 12.1 Å². The van der Waals surface area contributed by atoms with Crippen molar-refractivity contribution in [1.82, 2.24) is 5.32 Å². The van der Waals surface area contributed by atoms with Crippen molar-refractivity contribution in [3.8, 4) is 0 Å². The van der Waals surface area contributed by atoms with Crippen molar-refractivity contribution in [3.63, 3.8) is 0 Å². The molecule has 2 aromatic carbocycles. The van der Waals surface area contributed by atoms with E-state index in [4.69, 9.17) is 0 Å². The summed E-state index contributed by atoms with van der Waals surface area (Å²) < 4.78 is 0. The average Bonchev–Trinajstić information content (AvgIpc) is 2.69. The van der Waals surface area contributed by atoms with Gasteiger partial charge >= 0.3 is 0 Å². The van der Waals surface area contributed by atoms with Crippen LogP contribution in [0.2, 0.25) is 0 Å². The van der Waals surface area contributed by atoms with E-state index in [1.807, 2.05) is 0 Å². The van der Waals surface area contributed by atoms with Crippen LogP contribution in [0.3, 0.4) is 0 Å². The van der Waals surface area contributed by atoms with Crippen molar-refractivity contribution < 1.29 is 14.6 Å². The molecule has 10 nitrogen and oxygen atoms in total. The fourth-order valence-electron chi connectivity index (χ4n) is 2.45. The van der Waals surface area contributed by atoms with E-state index in [1.54, 1.807) is 30.3 Å². The van der Waals surface area contributed by atoms with Gasteiger partial charge in [0.05, 0.1) is 9.85 Å². The first kappa shape index (κ1) is 20.6. The van der Waals surface area contributed by atoms with Crippen LogP contribution in [-0.4, -0.2) is 35.4 Å². The number of benzene rings is 2. The number of nitro benzene ring substituents is 2. The molecule has 0 spiro atoms. The normalized spacial score (nSPS) is 10.1. The number of carbonyl (C=O) groups excluding carboxylic acids is 1. The Balaban J connectivity index is 1.60. The molecule has 0 radical (unpaired) electrons. The molecule has 0 heterocycles. The minimum Gasteiger partial charge on any atom is -0.385 e. The molecule has 3 N–H and O–H groups in total. The van der Waals surface area contributed by atoms with Crippen LogP contribution >= 0.6 is 0 Å². The molecule has 0 aromatic heterocycles. The summed E-state index contributed by atoms with van der Waals surface area (Å²) in [5.74, 6) is -0.116. The Labute approximate surface area is 161 Å². The molecule has 0 aliphatic heterocycles. The number of nitrogens with one attached hydrogen (secondary N) is 3. The Kier molecular flexibility index (Phi) is 7.70. The molecule has 0 atom stereocenters. The topological polar surface area (TPSA) is 139 Å². The predicted octanol–water partition coefficient (Wildman–Crippen LogP) is 2.92. The van der Waals surface area contributed by atoms with E-state index in [2.05, 4.69) is 16.0 Å². The lowest BCUT2D eigenvalue weighted by molar-refractivity contribution is -0.384. The van der Waals surface area contributed by atoms with Crippen molar-refractivity contribution in [3.05, 3.63) is 68.8 Å². The van der Waals surface area contributed by atoms with E-state index >= 15 is 0 Å². The van der Waals surface area contributed by atoms with Crippen LogP contribution in [0, 0.1) is 20.2 Å². The van der Waals surface area contributed by atoms with Crippen LogP contribution in [0.4, 0.5) is 22.7 Å². The number of amides is 1.